The monoisotopic (exact) mass is 379 g/mol. The zero-order valence-corrected chi connectivity index (χ0v) is 16.4. The third-order valence-corrected chi connectivity index (χ3v) is 4.72. The fraction of sp³-hybridized carbons (Fsp3) is 0.500. The maximum atomic E-state index is 11.8. The van der Waals surface area contributed by atoms with Gasteiger partial charge in [-0.2, -0.15) is 0 Å². The second-order valence-corrected chi connectivity index (χ2v) is 8.00. The van der Waals surface area contributed by atoms with Crippen molar-refractivity contribution in [1.82, 2.24) is 15.5 Å². The number of carbonyl (C=O) groups excluding carboxylic acids is 3. The van der Waals surface area contributed by atoms with Gasteiger partial charge in [0.2, 0.25) is 5.91 Å². The molecular weight excluding hydrogens is 354 g/mol. The fourth-order valence-corrected chi connectivity index (χ4v) is 3.23. The maximum Gasteiger partial charge on any atom is 0.317 e. The number of ether oxygens (including phenoxy) is 1. The Bertz CT molecular complexity index is 684. The summed E-state index contributed by atoms with van der Waals surface area (Å²) >= 11 is 0.977. The van der Waals surface area contributed by atoms with Crippen molar-refractivity contribution in [2.75, 3.05) is 25.6 Å². The maximum absolute atomic E-state index is 11.8. The molecule has 0 saturated carbocycles. The van der Waals surface area contributed by atoms with E-state index in [-0.39, 0.29) is 42.1 Å². The van der Waals surface area contributed by atoms with E-state index in [9.17, 15) is 14.4 Å². The Balaban J connectivity index is 1.77. The number of nitrogens with one attached hydrogen (secondary N) is 2. The summed E-state index contributed by atoms with van der Waals surface area (Å²) in [6, 6.07) is 5.53. The first-order chi connectivity index (χ1) is 12.2. The van der Waals surface area contributed by atoms with Crippen LogP contribution < -0.4 is 15.4 Å². The zero-order valence-electron chi connectivity index (χ0n) is 15.5. The van der Waals surface area contributed by atoms with Crippen LogP contribution in [-0.4, -0.2) is 47.7 Å². The minimum absolute atomic E-state index is 0.0232. The Morgan fingerprint density at radius 1 is 1.27 bits per heavy atom. The number of benzene rings is 1. The van der Waals surface area contributed by atoms with Crippen molar-refractivity contribution in [3.8, 4) is 5.75 Å². The number of amides is 4. The number of urea groups is 1. The Morgan fingerprint density at radius 2 is 2.00 bits per heavy atom. The van der Waals surface area contributed by atoms with Crippen molar-refractivity contribution in [1.29, 1.82) is 0 Å². The average Bonchev–Trinajstić information content (AvgIpc) is 2.87. The number of thioether (sulfide) groups is 1. The molecule has 1 aromatic carbocycles. The van der Waals surface area contributed by atoms with Gasteiger partial charge in [0, 0.05) is 13.1 Å². The van der Waals surface area contributed by atoms with Gasteiger partial charge >= 0.3 is 6.03 Å². The number of nitrogens with zero attached hydrogens (tertiary/aromatic N) is 1. The van der Waals surface area contributed by atoms with Crippen molar-refractivity contribution in [3.05, 3.63) is 29.3 Å². The van der Waals surface area contributed by atoms with Gasteiger partial charge in [0.15, 0.2) is 6.73 Å². The molecule has 0 radical (unpaired) electrons. The van der Waals surface area contributed by atoms with Crippen molar-refractivity contribution >= 4 is 28.9 Å². The van der Waals surface area contributed by atoms with Crippen LogP contribution in [0.4, 0.5) is 9.59 Å². The molecule has 0 spiro atoms. The summed E-state index contributed by atoms with van der Waals surface area (Å²) in [4.78, 5) is 35.9. The summed E-state index contributed by atoms with van der Waals surface area (Å²) in [5.74, 6) is 0.680. The second kappa shape index (κ2) is 8.44. The van der Waals surface area contributed by atoms with Crippen LogP contribution in [0, 0.1) is 6.92 Å². The van der Waals surface area contributed by atoms with Crippen LogP contribution in [0.3, 0.4) is 0 Å². The fourth-order valence-electron chi connectivity index (χ4n) is 2.48. The quantitative estimate of drug-likeness (QED) is 0.742. The summed E-state index contributed by atoms with van der Waals surface area (Å²) in [5, 5.41) is 4.94. The van der Waals surface area contributed by atoms with Gasteiger partial charge in [-0.25, -0.2) is 4.79 Å². The van der Waals surface area contributed by atoms with Crippen LogP contribution in [0.2, 0.25) is 0 Å². The molecule has 7 nitrogen and oxygen atoms in total. The first-order valence-electron chi connectivity index (χ1n) is 8.41. The van der Waals surface area contributed by atoms with Crippen LogP contribution >= 0.6 is 11.8 Å². The SMILES string of the molecule is Cc1ccc(OCNC(=O)NCCN2C(=O)CSC2=O)c(C(C)(C)C)c1. The van der Waals surface area contributed by atoms with Gasteiger partial charge in [-0.3, -0.25) is 14.5 Å². The lowest BCUT2D eigenvalue weighted by Crippen LogP contribution is -2.42. The normalized spacial score (nSPS) is 14.5. The van der Waals surface area contributed by atoms with Crippen LogP contribution in [0.5, 0.6) is 5.75 Å². The molecule has 2 rings (SSSR count). The smallest absolute Gasteiger partial charge is 0.317 e. The number of aryl methyl sites for hydroxylation is 1. The van der Waals surface area contributed by atoms with Gasteiger partial charge < -0.3 is 15.4 Å². The Kier molecular flexibility index (Phi) is 6.52. The van der Waals surface area contributed by atoms with Gasteiger partial charge in [-0.05, 0) is 24.0 Å². The van der Waals surface area contributed by atoms with E-state index < -0.39 is 6.03 Å². The van der Waals surface area contributed by atoms with E-state index in [2.05, 4.69) is 37.5 Å². The third kappa shape index (κ3) is 5.39. The molecule has 0 aliphatic carbocycles. The van der Waals surface area contributed by atoms with Gasteiger partial charge in [-0.1, -0.05) is 50.2 Å². The number of rotatable bonds is 6. The molecule has 4 amide bonds. The summed E-state index contributed by atoms with van der Waals surface area (Å²) in [6.45, 7) is 8.73. The number of hydrogen-bond donors (Lipinski definition) is 2. The lowest BCUT2D eigenvalue weighted by Gasteiger charge is -2.23. The molecule has 2 N–H and O–H groups in total. The molecule has 0 aromatic heterocycles. The third-order valence-electron chi connectivity index (χ3n) is 3.87. The first-order valence-corrected chi connectivity index (χ1v) is 9.40. The number of hydrogen-bond acceptors (Lipinski definition) is 5. The molecule has 1 aromatic rings. The minimum atomic E-state index is -0.416. The summed E-state index contributed by atoms with van der Waals surface area (Å²) in [5.41, 5.74) is 2.15. The van der Waals surface area contributed by atoms with Crippen molar-refractivity contribution in [2.45, 2.75) is 33.1 Å². The van der Waals surface area contributed by atoms with Crippen LogP contribution in [0.1, 0.15) is 31.9 Å². The highest BCUT2D eigenvalue weighted by Gasteiger charge is 2.29. The predicted octanol–water partition coefficient (Wildman–Crippen LogP) is 2.62. The highest BCUT2D eigenvalue weighted by Crippen LogP contribution is 2.31. The topological polar surface area (TPSA) is 87.7 Å². The van der Waals surface area contributed by atoms with E-state index in [1.807, 2.05) is 19.1 Å². The molecule has 0 unspecified atom stereocenters. The van der Waals surface area contributed by atoms with E-state index in [1.54, 1.807) is 0 Å². The highest BCUT2D eigenvalue weighted by molar-refractivity contribution is 8.14. The zero-order chi connectivity index (χ0) is 19.3. The van der Waals surface area contributed by atoms with E-state index in [4.69, 9.17) is 4.74 Å². The van der Waals surface area contributed by atoms with Gasteiger partial charge in [-0.15, -0.1) is 0 Å². The van der Waals surface area contributed by atoms with E-state index in [0.29, 0.717) is 0 Å². The molecule has 1 heterocycles. The van der Waals surface area contributed by atoms with Gasteiger partial charge in [0.25, 0.3) is 5.24 Å². The lowest BCUT2D eigenvalue weighted by molar-refractivity contribution is -0.124. The Morgan fingerprint density at radius 3 is 2.62 bits per heavy atom. The van der Waals surface area contributed by atoms with Crippen molar-refractivity contribution in [2.24, 2.45) is 0 Å². The van der Waals surface area contributed by atoms with E-state index in [1.165, 1.54) is 0 Å². The molecule has 142 valence electrons. The molecule has 1 aliphatic heterocycles. The van der Waals surface area contributed by atoms with E-state index >= 15 is 0 Å². The van der Waals surface area contributed by atoms with Gasteiger partial charge in [0.05, 0.1) is 5.75 Å². The molecule has 8 heteroatoms. The van der Waals surface area contributed by atoms with E-state index in [0.717, 1.165) is 33.5 Å². The number of imide groups is 1. The van der Waals surface area contributed by atoms with Crippen molar-refractivity contribution in [3.63, 3.8) is 0 Å². The average molecular weight is 379 g/mol. The summed E-state index contributed by atoms with van der Waals surface area (Å²) in [7, 11) is 0. The first kappa shape index (κ1) is 20.1. The molecule has 1 aliphatic rings. The summed E-state index contributed by atoms with van der Waals surface area (Å²) < 4.78 is 5.71. The standard InChI is InChI=1S/C18H25N3O4S/c1-12-5-6-14(13(9-12)18(2,3)4)25-11-20-16(23)19-7-8-21-15(22)10-26-17(21)24/h5-6,9H,7-8,10-11H2,1-4H3,(H2,19,20,23). The summed E-state index contributed by atoms with van der Waals surface area (Å²) in [6.07, 6.45) is 0. The Labute approximate surface area is 157 Å². The largest absolute Gasteiger partial charge is 0.473 e. The van der Waals surface area contributed by atoms with Crippen LogP contribution in [-0.2, 0) is 10.2 Å². The number of carbonyl (C=O) groups is 3. The molecule has 1 saturated heterocycles. The Hall–Kier alpha value is -2.22. The lowest BCUT2D eigenvalue weighted by atomic mass is 9.85. The molecular formula is C18H25N3O4S. The highest BCUT2D eigenvalue weighted by atomic mass is 32.2. The van der Waals surface area contributed by atoms with Crippen molar-refractivity contribution < 1.29 is 19.1 Å². The predicted molar refractivity (Wildman–Crippen MR) is 101 cm³/mol. The van der Waals surface area contributed by atoms with Crippen LogP contribution in [0.25, 0.3) is 0 Å². The molecule has 1 fully saturated rings. The molecule has 0 atom stereocenters. The molecule has 0 bridgehead atoms. The molecule has 26 heavy (non-hydrogen) atoms. The van der Waals surface area contributed by atoms with Crippen LogP contribution in [0.15, 0.2) is 18.2 Å². The minimum Gasteiger partial charge on any atom is -0.473 e. The second-order valence-electron chi connectivity index (χ2n) is 7.07. The van der Waals surface area contributed by atoms with Gasteiger partial charge in [0.1, 0.15) is 5.75 Å².